The molecule has 2 aromatic rings. The summed E-state index contributed by atoms with van der Waals surface area (Å²) in [5.41, 5.74) is 3.92. The maximum atomic E-state index is 12.0. The molecule has 6 nitrogen and oxygen atoms in total. The SMILES string of the molecule is Cc1cccc(C(=O)OCC(=O)NCC(=O)Nc2c(C)cccc2C)c1. The lowest BCUT2D eigenvalue weighted by Gasteiger charge is -2.12. The number of amides is 2. The highest BCUT2D eigenvalue weighted by molar-refractivity contribution is 5.96. The molecule has 0 fully saturated rings. The van der Waals surface area contributed by atoms with E-state index in [1.54, 1.807) is 18.2 Å². The molecule has 2 aromatic carbocycles. The maximum absolute atomic E-state index is 12.0. The van der Waals surface area contributed by atoms with Gasteiger partial charge in [0.1, 0.15) is 0 Å². The molecule has 0 unspecified atom stereocenters. The Morgan fingerprint density at radius 3 is 2.23 bits per heavy atom. The second-order valence-electron chi connectivity index (χ2n) is 6.04. The standard InChI is InChI=1S/C20H22N2O4/c1-13-6-4-9-16(10-13)20(25)26-12-18(24)21-11-17(23)22-19-14(2)7-5-8-15(19)3/h4-10H,11-12H2,1-3H3,(H,21,24)(H,22,23). The van der Waals surface area contributed by atoms with Gasteiger partial charge in [-0.1, -0.05) is 35.9 Å². The van der Waals surface area contributed by atoms with Crippen LogP contribution in [-0.2, 0) is 14.3 Å². The van der Waals surface area contributed by atoms with Crippen LogP contribution in [0.3, 0.4) is 0 Å². The minimum atomic E-state index is -0.580. The molecule has 0 bridgehead atoms. The average Bonchev–Trinajstić information content (AvgIpc) is 2.61. The van der Waals surface area contributed by atoms with Gasteiger partial charge < -0.3 is 15.4 Å². The first-order valence-corrected chi connectivity index (χ1v) is 8.23. The molecular weight excluding hydrogens is 332 g/mol. The summed E-state index contributed by atoms with van der Waals surface area (Å²) < 4.78 is 4.95. The van der Waals surface area contributed by atoms with Crippen LogP contribution in [0.2, 0.25) is 0 Å². The van der Waals surface area contributed by atoms with Gasteiger partial charge in [-0.3, -0.25) is 9.59 Å². The highest BCUT2D eigenvalue weighted by Crippen LogP contribution is 2.18. The Labute approximate surface area is 152 Å². The fourth-order valence-corrected chi connectivity index (χ4v) is 2.41. The third kappa shape index (κ3) is 5.44. The average molecular weight is 354 g/mol. The summed E-state index contributed by atoms with van der Waals surface area (Å²) in [5.74, 6) is -1.47. The Hall–Kier alpha value is -3.15. The van der Waals surface area contributed by atoms with Gasteiger partial charge in [0.25, 0.3) is 5.91 Å². The number of nitrogens with one attached hydrogen (secondary N) is 2. The number of carbonyl (C=O) groups is 3. The van der Waals surface area contributed by atoms with Gasteiger partial charge in [0.05, 0.1) is 12.1 Å². The summed E-state index contributed by atoms with van der Waals surface area (Å²) in [4.78, 5) is 35.6. The van der Waals surface area contributed by atoms with Crippen LogP contribution in [-0.4, -0.2) is 30.9 Å². The molecule has 2 N–H and O–H groups in total. The third-order valence-electron chi connectivity index (χ3n) is 3.78. The van der Waals surface area contributed by atoms with Gasteiger partial charge in [0.15, 0.2) is 6.61 Å². The van der Waals surface area contributed by atoms with Crippen molar-refractivity contribution in [2.24, 2.45) is 0 Å². The molecule has 0 saturated heterocycles. The van der Waals surface area contributed by atoms with Gasteiger partial charge in [-0.05, 0) is 44.0 Å². The zero-order chi connectivity index (χ0) is 19.1. The van der Waals surface area contributed by atoms with Crippen molar-refractivity contribution >= 4 is 23.5 Å². The van der Waals surface area contributed by atoms with E-state index in [2.05, 4.69) is 10.6 Å². The monoisotopic (exact) mass is 354 g/mol. The first-order valence-electron chi connectivity index (χ1n) is 8.23. The summed E-state index contributed by atoms with van der Waals surface area (Å²) >= 11 is 0. The van der Waals surface area contributed by atoms with Crippen molar-refractivity contribution in [1.29, 1.82) is 0 Å². The number of anilines is 1. The summed E-state index contributed by atoms with van der Waals surface area (Å²) in [7, 11) is 0. The van der Waals surface area contributed by atoms with E-state index < -0.39 is 18.5 Å². The minimum absolute atomic E-state index is 0.200. The number of para-hydroxylation sites is 1. The fraction of sp³-hybridized carbons (Fsp3) is 0.250. The fourth-order valence-electron chi connectivity index (χ4n) is 2.41. The van der Waals surface area contributed by atoms with Crippen molar-refractivity contribution < 1.29 is 19.1 Å². The van der Waals surface area contributed by atoms with Crippen LogP contribution >= 0.6 is 0 Å². The Bertz CT molecular complexity index is 810. The molecule has 0 aliphatic rings. The van der Waals surface area contributed by atoms with Crippen LogP contribution in [0, 0.1) is 20.8 Å². The molecule has 136 valence electrons. The molecule has 0 spiro atoms. The normalized spacial score (nSPS) is 10.1. The second-order valence-corrected chi connectivity index (χ2v) is 6.04. The third-order valence-corrected chi connectivity index (χ3v) is 3.78. The Balaban J connectivity index is 1.78. The smallest absolute Gasteiger partial charge is 0.338 e. The molecule has 2 amide bonds. The van der Waals surface area contributed by atoms with E-state index in [0.29, 0.717) is 5.56 Å². The van der Waals surface area contributed by atoms with Crippen molar-refractivity contribution in [1.82, 2.24) is 5.32 Å². The minimum Gasteiger partial charge on any atom is -0.452 e. The number of carbonyl (C=O) groups excluding carboxylic acids is 3. The lowest BCUT2D eigenvalue weighted by Crippen LogP contribution is -2.35. The molecule has 0 aliphatic carbocycles. The molecule has 0 radical (unpaired) electrons. The van der Waals surface area contributed by atoms with E-state index in [1.807, 2.05) is 45.0 Å². The van der Waals surface area contributed by atoms with Gasteiger partial charge in [-0.2, -0.15) is 0 Å². The van der Waals surface area contributed by atoms with E-state index in [4.69, 9.17) is 4.74 Å². The number of esters is 1. The van der Waals surface area contributed by atoms with Gasteiger partial charge in [-0.25, -0.2) is 4.79 Å². The predicted octanol–water partition coefficient (Wildman–Crippen LogP) is 2.52. The molecule has 0 aliphatic heterocycles. The van der Waals surface area contributed by atoms with Crippen LogP contribution in [0.15, 0.2) is 42.5 Å². The van der Waals surface area contributed by atoms with Crippen molar-refractivity contribution in [3.63, 3.8) is 0 Å². The van der Waals surface area contributed by atoms with Crippen LogP contribution in [0.1, 0.15) is 27.0 Å². The molecule has 0 atom stereocenters. The molecule has 26 heavy (non-hydrogen) atoms. The number of hydrogen-bond donors (Lipinski definition) is 2. The predicted molar refractivity (Wildman–Crippen MR) is 99.0 cm³/mol. The van der Waals surface area contributed by atoms with Gasteiger partial charge in [-0.15, -0.1) is 0 Å². The molecule has 0 saturated carbocycles. The highest BCUT2D eigenvalue weighted by Gasteiger charge is 2.12. The van der Waals surface area contributed by atoms with Crippen molar-refractivity contribution in [2.75, 3.05) is 18.5 Å². The van der Waals surface area contributed by atoms with E-state index in [0.717, 1.165) is 22.4 Å². The number of benzene rings is 2. The molecule has 6 heteroatoms. The summed E-state index contributed by atoms with van der Waals surface area (Å²) in [5, 5.41) is 5.20. The van der Waals surface area contributed by atoms with Crippen molar-refractivity contribution in [3.05, 3.63) is 64.7 Å². The number of hydrogen-bond acceptors (Lipinski definition) is 4. The number of ether oxygens (including phenoxy) is 1. The lowest BCUT2D eigenvalue weighted by molar-refractivity contribution is -0.126. The zero-order valence-electron chi connectivity index (χ0n) is 15.1. The summed E-state index contributed by atoms with van der Waals surface area (Å²) in [6.07, 6.45) is 0. The van der Waals surface area contributed by atoms with Crippen molar-refractivity contribution in [3.8, 4) is 0 Å². The molecule has 0 heterocycles. The van der Waals surface area contributed by atoms with Gasteiger partial charge in [0, 0.05) is 5.69 Å². The second kappa shape index (κ2) is 8.80. The first kappa shape index (κ1) is 19.2. The number of rotatable bonds is 6. The summed E-state index contributed by atoms with van der Waals surface area (Å²) in [6.45, 7) is 5.01. The Morgan fingerprint density at radius 1 is 0.923 bits per heavy atom. The van der Waals surface area contributed by atoms with Crippen LogP contribution in [0.25, 0.3) is 0 Å². The van der Waals surface area contributed by atoms with Crippen LogP contribution < -0.4 is 10.6 Å². The van der Waals surface area contributed by atoms with Gasteiger partial charge >= 0.3 is 5.97 Å². The Kier molecular flexibility index (Phi) is 6.49. The van der Waals surface area contributed by atoms with E-state index in [9.17, 15) is 14.4 Å². The molecule has 2 rings (SSSR count). The van der Waals surface area contributed by atoms with E-state index >= 15 is 0 Å². The van der Waals surface area contributed by atoms with E-state index in [1.165, 1.54) is 0 Å². The van der Waals surface area contributed by atoms with Crippen LogP contribution in [0.4, 0.5) is 5.69 Å². The van der Waals surface area contributed by atoms with Gasteiger partial charge in [0.2, 0.25) is 5.91 Å². The topological polar surface area (TPSA) is 84.5 Å². The Morgan fingerprint density at radius 2 is 1.58 bits per heavy atom. The lowest BCUT2D eigenvalue weighted by atomic mass is 10.1. The maximum Gasteiger partial charge on any atom is 0.338 e. The largest absolute Gasteiger partial charge is 0.452 e. The first-order chi connectivity index (χ1) is 12.4. The van der Waals surface area contributed by atoms with Crippen LogP contribution in [0.5, 0.6) is 0 Å². The molecule has 0 aromatic heterocycles. The van der Waals surface area contributed by atoms with E-state index in [-0.39, 0.29) is 12.5 Å². The highest BCUT2D eigenvalue weighted by atomic mass is 16.5. The van der Waals surface area contributed by atoms with Crippen molar-refractivity contribution in [2.45, 2.75) is 20.8 Å². The number of aryl methyl sites for hydroxylation is 3. The molecular formula is C20H22N2O4. The quantitative estimate of drug-likeness (QED) is 0.781. The summed E-state index contributed by atoms with van der Waals surface area (Å²) in [6, 6.07) is 12.6. The zero-order valence-corrected chi connectivity index (χ0v) is 15.1.